The van der Waals surface area contributed by atoms with Crippen molar-refractivity contribution in [2.45, 2.75) is 13.5 Å². The lowest BCUT2D eigenvalue weighted by molar-refractivity contribution is 0.102. The van der Waals surface area contributed by atoms with E-state index in [4.69, 9.17) is 0 Å². The number of benzene rings is 2. The van der Waals surface area contributed by atoms with Crippen LogP contribution in [0.2, 0.25) is 0 Å². The zero-order chi connectivity index (χ0) is 16.4. The highest BCUT2D eigenvalue weighted by Crippen LogP contribution is 2.16. The molecule has 0 atom stereocenters. The van der Waals surface area contributed by atoms with E-state index in [-0.39, 0.29) is 11.3 Å². The zero-order valence-electron chi connectivity index (χ0n) is 12.4. The largest absolute Gasteiger partial charge is 0.320 e. The maximum Gasteiger partial charge on any atom is 0.276 e. The first kappa shape index (κ1) is 14.9. The van der Waals surface area contributed by atoms with Gasteiger partial charge in [-0.1, -0.05) is 24.3 Å². The predicted molar refractivity (Wildman–Crippen MR) is 86.0 cm³/mol. The van der Waals surface area contributed by atoms with Gasteiger partial charge in [0.05, 0.1) is 5.39 Å². The van der Waals surface area contributed by atoms with Crippen LogP contribution < -0.4 is 10.9 Å². The number of anilines is 1. The summed E-state index contributed by atoms with van der Waals surface area (Å²) in [6, 6.07) is 12.4. The van der Waals surface area contributed by atoms with E-state index in [1.165, 1.54) is 22.9 Å². The summed E-state index contributed by atoms with van der Waals surface area (Å²) in [4.78, 5) is 24.8. The van der Waals surface area contributed by atoms with E-state index >= 15 is 0 Å². The summed E-state index contributed by atoms with van der Waals surface area (Å²) in [5.41, 5.74) is 0.215. The van der Waals surface area contributed by atoms with Crippen LogP contribution in [0.15, 0.2) is 53.3 Å². The highest BCUT2D eigenvalue weighted by atomic mass is 19.1. The van der Waals surface area contributed by atoms with Gasteiger partial charge in [-0.2, -0.15) is 5.10 Å². The van der Waals surface area contributed by atoms with Gasteiger partial charge in [-0.15, -0.1) is 0 Å². The van der Waals surface area contributed by atoms with E-state index in [0.717, 1.165) is 0 Å². The summed E-state index contributed by atoms with van der Waals surface area (Å²) in [7, 11) is 0. The first-order valence-corrected chi connectivity index (χ1v) is 7.17. The average molecular weight is 311 g/mol. The van der Waals surface area contributed by atoms with E-state index in [9.17, 15) is 14.0 Å². The average Bonchev–Trinajstić information content (AvgIpc) is 2.55. The molecular weight excluding hydrogens is 297 g/mol. The van der Waals surface area contributed by atoms with E-state index in [1.807, 2.05) is 0 Å². The lowest BCUT2D eigenvalue weighted by Gasteiger charge is -2.10. The first-order valence-electron chi connectivity index (χ1n) is 7.17. The van der Waals surface area contributed by atoms with Crippen LogP contribution in [-0.2, 0) is 6.54 Å². The Kier molecular flexibility index (Phi) is 3.89. The number of aromatic nitrogens is 2. The molecule has 5 nitrogen and oxygen atoms in total. The van der Waals surface area contributed by atoms with Gasteiger partial charge in [-0.3, -0.25) is 9.59 Å². The smallest absolute Gasteiger partial charge is 0.276 e. The van der Waals surface area contributed by atoms with Crippen molar-refractivity contribution in [2.75, 3.05) is 5.32 Å². The minimum absolute atomic E-state index is 0.131. The van der Waals surface area contributed by atoms with Crippen molar-refractivity contribution >= 4 is 22.4 Å². The summed E-state index contributed by atoms with van der Waals surface area (Å²) in [6.07, 6.45) is 0. The molecule has 0 fully saturated rings. The monoisotopic (exact) mass is 311 g/mol. The van der Waals surface area contributed by atoms with Crippen LogP contribution in [0.1, 0.15) is 17.4 Å². The molecule has 3 rings (SSSR count). The summed E-state index contributed by atoms with van der Waals surface area (Å²) in [5.74, 6) is -0.937. The van der Waals surface area contributed by atoms with Crippen molar-refractivity contribution in [1.82, 2.24) is 9.78 Å². The zero-order valence-corrected chi connectivity index (χ0v) is 12.4. The third-order valence-corrected chi connectivity index (χ3v) is 3.46. The fourth-order valence-electron chi connectivity index (χ4n) is 2.37. The van der Waals surface area contributed by atoms with Gasteiger partial charge in [0.25, 0.3) is 11.5 Å². The Morgan fingerprint density at radius 3 is 2.61 bits per heavy atom. The molecular formula is C17H14FN3O2. The maximum atomic E-state index is 13.2. The Bertz CT molecular complexity index is 950. The van der Waals surface area contributed by atoms with Gasteiger partial charge in [0.2, 0.25) is 0 Å². The minimum Gasteiger partial charge on any atom is -0.320 e. The van der Waals surface area contributed by atoms with Gasteiger partial charge in [0.1, 0.15) is 5.82 Å². The second-order valence-electron chi connectivity index (χ2n) is 4.98. The molecule has 2 aromatic carbocycles. The van der Waals surface area contributed by atoms with Gasteiger partial charge in [-0.05, 0) is 31.2 Å². The molecule has 0 saturated heterocycles. The molecule has 0 aliphatic carbocycles. The number of fused-ring (bicyclic) bond motifs is 1. The summed E-state index contributed by atoms with van der Waals surface area (Å²) < 4.78 is 14.5. The van der Waals surface area contributed by atoms with Crippen LogP contribution in [0, 0.1) is 5.82 Å². The molecule has 0 spiro atoms. The number of aryl methyl sites for hydroxylation is 1. The van der Waals surface area contributed by atoms with E-state index in [1.54, 1.807) is 37.3 Å². The van der Waals surface area contributed by atoms with Gasteiger partial charge in [0.15, 0.2) is 5.69 Å². The molecule has 0 aliphatic rings. The van der Waals surface area contributed by atoms with Crippen LogP contribution in [0.3, 0.4) is 0 Å². The van der Waals surface area contributed by atoms with E-state index < -0.39 is 11.7 Å². The van der Waals surface area contributed by atoms with Crippen molar-refractivity contribution in [2.24, 2.45) is 0 Å². The molecule has 1 heterocycles. The van der Waals surface area contributed by atoms with E-state index in [0.29, 0.717) is 23.0 Å². The number of amides is 1. The van der Waals surface area contributed by atoms with Crippen LogP contribution >= 0.6 is 0 Å². The molecule has 0 saturated carbocycles. The van der Waals surface area contributed by atoms with Crippen LogP contribution in [0.5, 0.6) is 0 Å². The highest BCUT2D eigenvalue weighted by Gasteiger charge is 2.16. The third-order valence-electron chi connectivity index (χ3n) is 3.46. The standard InChI is InChI=1S/C17H14FN3O2/c1-2-21-17(23)14-9-4-3-8-13(14)15(20-21)16(22)19-12-7-5-6-11(18)10-12/h3-10H,2H2,1H3,(H,19,22). The quantitative estimate of drug-likeness (QED) is 0.809. The van der Waals surface area contributed by atoms with Crippen molar-refractivity contribution in [1.29, 1.82) is 0 Å². The van der Waals surface area contributed by atoms with E-state index in [2.05, 4.69) is 10.4 Å². The third kappa shape index (κ3) is 2.83. The number of carbonyl (C=O) groups is 1. The Morgan fingerprint density at radius 2 is 1.91 bits per heavy atom. The fraction of sp³-hybridized carbons (Fsp3) is 0.118. The second-order valence-corrected chi connectivity index (χ2v) is 4.98. The van der Waals surface area contributed by atoms with Gasteiger partial charge in [0, 0.05) is 17.6 Å². The second kappa shape index (κ2) is 6.00. The van der Waals surface area contributed by atoms with Crippen LogP contribution in [0.25, 0.3) is 10.8 Å². The number of carbonyl (C=O) groups excluding carboxylic acids is 1. The van der Waals surface area contributed by atoms with Crippen LogP contribution in [0.4, 0.5) is 10.1 Å². The number of hydrogen-bond donors (Lipinski definition) is 1. The molecule has 0 aliphatic heterocycles. The number of hydrogen-bond acceptors (Lipinski definition) is 3. The van der Waals surface area contributed by atoms with Gasteiger partial charge >= 0.3 is 0 Å². The molecule has 0 unspecified atom stereocenters. The van der Waals surface area contributed by atoms with Crippen molar-refractivity contribution in [3.63, 3.8) is 0 Å². The summed E-state index contributed by atoms with van der Waals surface area (Å²) in [5, 5.41) is 7.63. The molecule has 1 N–H and O–H groups in total. The molecule has 1 amide bonds. The predicted octanol–water partition coefficient (Wildman–Crippen LogP) is 2.81. The molecule has 0 radical (unpaired) electrons. The lowest BCUT2D eigenvalue weighted by Crippen LogP contribution is -2.27. The number of halogens is 1. The minimum atomic E-state index is -0.492. The normalized spacial score (nSPS) is 10.7. The summed E-state index contributed by atoms with van der Waals surface area (Å²) >= 11 is 0. The van der Waals surface area contributed by atoms with Crippen molar-refractivity contribution < 1.29 is 9.18 Å². The summed E-state index contributed by atoms with van der Waals surface area (Å²) in [6.45, 7) is 2.13. The Morgan fingerprint density at radius 1 is 1.17 bits per heavy atom. The number of nitrogens with one attached hydrogen (secondary N) is 1. The Labute approximate surface area is 131 Å². The van der Waals surface area contributed by atoms with Crippen LogP contribution in [-0.4, -0.2) is 15.7 Å². The molecule has 1 aromatic heterocycles. The van der Waals surface area contributed by atoms with Crippen molar-refractivity contribution in [3.8, 4) is 0 Å². The molecule has 23 heavy (non-hydrogen) atoms. The number of nitrogens with zero attached hydrogens (tertiary/aromatic N) is 2. The van der Waals surface area contributed by atoms with Gasteiger partial charge in [-0.25, -0.2) is 9.07 Å². The maximum absolute atomic E-state index is 13.2. The lowest BCUT2D eigenvalue weighted by atomic mass is 10.1. The van der Waals surface area contributed by atoms with Gasteiger partial charge < -0.3 is 5.32 Å². The highest BCUT2D eigenvalue weighted by molar-refractivity contribution is 6.11. The molecule has 3 aromatic rings. The molecule has 0 bridgehead atoms. The topological polar surface area (TPSA) is 64.0 Å². The first-order chi connectivity index (χ1) is 11.1. The molecule has 116 valence electrons. The Hall–Kier alpha value is -3.02. The molecule has 6 heteroatoms. The Balaban J connectivity index is 2.10. The van der Waals surface area contributed by atoms with Crippen molar-refractivity contribution in [3.05, 3.63) is 70.4 Å². The fourth-order valence-corrected chi connectivity index (χ4v) is 2.37. The SMILES string of the molecule is CCn1nc(C(=O)Nc2cccc(F)c2)c2ccccc2c1=O. The number of rotatable bonds is 3.